The second-order valence-corrected chi connectivity index (χ2v) is 3.86. The quantitative estimate of drug-likeness (QED) is 0.594. The second-order valence-electron chi connectivity index (χ2n) is 3.86. The summed E-state index contributed by atoms with van der Waals surface area (Å²) in [6.07, 6.45) is 3.12. The minimum atomic E-state index is 0.409. The molecule has 1 aromatic heterocycles. The van der Waals surface area contributed by atoms with Gasteiger partial charge in [0.2, 0.25) is 5.95 Å². The van der Waals surface area contributed by atoms with Crippen LogP contribution in [0.1, 0.15) is 29.5 Å². The van der Waals surface area contributed by atoms with E-state index in [2.05, 4.69) is 15.3 Å². The molecule has 1 aliphatic carbocycles. The Labute approximate surface area is 76.6 Å². The largest absolute Gasteiger partial charge is 0.368 e. The third-order valence-corrected chi connectivity index (χ3v) is 3.04. The van der Waals surface area contributed by atoms with Gasteiger partial charge < -0.3 is 11.1 Å². The number of nitrogens with zero attached hydrogens (tertiary/aromatic N) is 2. The van der Waals surface area contributed by atoms with Gasteiger partial charge in [0.05, 0.1) is 5.69 Å². The Kier molecular flexibility index (Phi) is 1.35. The molecule has 2 aliphatic rings. The normalized spacial score (nSPS) is 30.2. The van der Waals surface area contributed by atoms with Crippen molar-refractivity contribution in [2.24, 2.45) is 0 Å². The summed E-state index contributed by atoms with van der Waals surface area (Å²) in [5.74, 6) is 1.60. The summed E-state index contributed by atoms with van der Waals surface area (Å²) >= 11 is 0. The van der Waals surface area contributed by atoms with Crippen LogP contribution in [0.15, 0.2) is 6.20 Å². The first kappa shape index (κ1) is 7.26. The number of hydrogen-bond acceptors (Lipinski definition) is 4. The van der Waals surface area contributed by atoms with Crippen molar-refractivity contribution in [3.8, 4) is 0 Å². The number of anilines is 1. The van der Waals surface area contributed by atoms with Gasteiger partial charge in [-0.2, -0.15) is 0 Å². The Morgan fingerprint density at radius 3 is 3.15 bits per heavy atom. The third kappa shape index (κ3) is 0.951. The van der Waals surface area contributed by atoms with Gasteiger partial charge in [-0.15, -0.1) is 0 Å². The van der Waals surface area contributed by atoms with Crippen LogP contribution in [-0.4, -0.2) is 23.1 Å². The molecule has 1 aromatic rings. The molecule has 2 atom stereocenters. The summed E-state index contributed by atoms with van der Waals surface area (Å²) < 4.78 is 0. The van der Waals surface area contributed by atoms with Crippen molar-refractivity contribution in [1.82, 2.24) is 15.3 Å². The van der Waals surface area contributed by atoms with Crippen LogP contribution in [0, 0.1) is 0 Å². The van der Waals surface area contributed by atoms with E-state index in [1.165, 1.54) is 17.7 Å². The van der Waals surface area contributed by atoms with Crippen LogP contribution in [0.25, 0.3) is 0 Å². The number of hydrogen-bond donors (Lipinski definition) is 2. The maximum absolute atomic E-state index is 5.57. The standard InChI is InChI=1S/C9H12N4/c10-9-12-4-7-5-1-6(3-11-2-5)8(7)13-9/h4-6,11H,1-3H2,(H2,10,12,13). The number of piperidine rings is 1. The first-order valence-electron chi connectivity index (χ1n) is 4.67. The monoisotopic (exact) mass is 176 g/mol. The molecule has 68 valence electrons. The third-order valence-electron chi connectivity index (χ3n) is 3.04. The molecule has 1 fully saturated rings. The number of fused-ring (bicyclic) bond motifs is 5. The molecule has 0 saturated carbocycles. The Hall–Kier alpha value is -1.16. The smallest absolute Gasteiger partial charge is 0.220 e. The first-order valence-corrected chi connectivity index (χ1v) is 4.67. The van der Waals surface area contributed by atoms with Crippen LogP contribution >= 0.6 is 0 Å². The molecular weight excluding hydrogens is 164 g/mol. The molecule has 13 heavy (non-hydrogen) atoms. The van der Waals surface area contributed by atoms with Crippen molar-refractivity contribution >= 4 is 5.95 Å². The summed E-state index contributed by atoms with van der Waals surface area (Å²) in [7, 11) is 0. The molecule has 0 radical (unpaired) electrons. The number of rotatable bonds is 0. The van der Waals surface area contributed by atoms with Gasteiger partial charge in [0.1, 0.15) is 0 Å². The number of nitrogens with one attached hydrogen (secondary N) is 1. The average Bonchev–Trinajstić information content (AvgIpc) is 2.39. The van der Waals surface area contributed by atoms with E-state index in [4.69, 9.17) is 5.73 Å². The van der Waals surface area contributed by atoms with E-state index in [-0.39, 0.29) is 0 Å². The summed E-state index contributed by atoms with van der Waals surface area (Å²) in [6, 6.07) is 0. The van der Waals surface area contributed by atoms with Crippen molar-refractivity contribution in [2.45, 2.75) is 18.3 Å². The molecular formula is C9H12N4. The highest BCUT2D eigenvalue weighted by Crippen LogP contribution is 2.41. The van der Waals surface area contributed by atoms with Gasteiger partial charge in [0.25, 0.3) is 0 Å². The molecule has 0 spiro atoms. The first-order chi connectivity index (χ1) is 6.34. The zero-order chi connectivity index (χ0) is 8.84. The molecule has 2 unspecified atom stereocenters. The lowest BCUT2D eigenvalue weighted by molar-refractivity contribution is 0.451. The lowest BCUT2D eigenvalue weighted by atomic mass is 9.98. The molecule has 3 N–H and O–H groups in total. The fourth-order valence-electron chi connectivity index (χ4n) is 2.45. The van der Waals surface area contributed by atoms with E-state index in [0.29, 0.717) is 17.8 Å². The second kappa shape index (κ2) is 2.42. The number of nitrogens with two attached hydrogens (primary N) is 1. The van der Waals surface area contributed by atoms with E-state index in [1.54, 1.807) is 0 Å². The minimum absolute atomic E-state index is 0.409. The summed E-state index contributed by atoms with van der Waals surface area (Å²) in [5.41, 5.74) is 8.06. The van der Waals surface area contributed by atoms with Crippen LogP contribution < -0.4 is 11.1 Å². The SMILES string of the molecule is Nc1ncc2c(n1)C1CNCC2C1. The Bertz CT molecular complexity index is 349. The predicted octanol–water partition coefficient (Wildman–Crippen LogP) is 0.233. The molecule has 3 rings (SSSR count). The van der Waals surface area contributed by atoms with Gasteiger partial charge in [-0.1, -0.05) is 0 Å². The lowest BCUT2D eigenvalue weighted by Gasteiger charge is -2.19. The van der Waals surface area contributed by atoms with Crippen LogP contribution in [0.5, 0.6) is 0 Å². The molecule has 2 bridgehead atoms. The molecule has 4 heteroatoms. The molecule has 1 saturated heterocycles. The van der Waals surface area contributed by atoms with E-state index in [1.807, 2.05) is 6.20 Å². The van der Waals surface area contributed by atoms with Crippen LogP contribution in [0.3, 0.4) is 0 Å². The van der Waals surface area contributed by atoms with Gasteiger partial charge in [-0.05, 0) is 12.0 Å². The van der Waals surface area contributed by atoms with Crippen molar-refractivity contribution in [3.63, 3.8) is 0 Å². The van der Waals surface area contributed by atoms with E-state index < -0.39 is 0 Å². The highest BCUT2D eigenvalue weighted by atomic mass is 15.0. The minimum Gasteiger partial charge on any atom is -0.368 e. The summed E-state index contributed by atoms with van der Waals surface area (Å²) in [5, 5.41) is 3.40. The number of aromatic nitrogens is 2. The van der Waals surface area contributed by atoms with Gasteiger partial charge >= 0.3 is 0 Å². The fourth-order valence-corrected chi connectivity index (χ4v) is 2.45. The molecule has 4 nitrogen and oxygen atoms in total. The molecule has 0 amide bonds. The summed E-state index contributed by atoms with van der Waals surface area (Å²) in [6.45, 7) is 2.11. The zero-order valence-electron chi connectivity index (χ0n) is 7.33. The van der Waals surface area contributed by atoms with Gasteiger partial charge in [0, 0.05) is 31.1 Å². The molecule has 2 heterocycles. The van der Waals surface area contributed by atoms with Crippen LogP contribution in [0.2, 0.25) is 0 Å². The van der Waals surface area contributed by atoms with Gasteiger partial charge in [-0.25, -0.2) is 9.97 Å². The highest BCUT2D eigenvalue weighted by molar-refractivity contribution is 5.37. The predicted molar refractivity (Wildman–Crippen MR) is 49.4 cm³/mol. The van der Waals surface area contributed by atoms with Crippen LogP contribution in [-0.2, 0) is 0 Å². The van der Waals surface area contributed by atoms with Crippen molar-refractivity contribution in [3.05, 3.63) is 17.5 Å². The maximum atomic E-state index is 5.57. The Morgan fingerprint density at radius 1 is 1.38 bits per heavy atom. The zero-order valence-corrected chi connectivity index (χ0v) is 7.33. The van der Waals surface area contributed by atoms with E-state index in [9.17, 15) is 0 Å². The molecule has 1 aliphatic heterocycles. The van der Waals surface area contributed by atoms with Crippen molar-refractivity contribution in [1.29, 1.82) is 0 Å². The van der Waals surface area contributed by atoms with E-state index in [0.717, 1.165) is 13.1 Å². The summed E-state index contributed by atoms with van der Waals surface area (Å²) in [4.78, 5) is 8.37. The average molecular weight is 176 g/mol. The van der Waals surface area contributed by atoms with E-state index >= 15 is 0 Å². The van der Waals surface area contributed by atoms with Crippen molar-refractivity contribution < 1.29 is 0 Å². The van der Waals surface area contributed by atoms with Gasteiger partial charge in [-0.3, -0.25) is 0 Å². The van der Waals surface area contributed by atoms with Crippen molar-refractivity contribution in [2.75, 3.05) is 18.8 Å². The topological polar surface area (TPSA) is 63.8 Å². The van der Waals surface area contributed by atoms with Crippen LogP contribution in [0.4, 0.5) is 5.95 Å². The maximum Gasteiger partial charge on any atom is 0.220 e. The fraction of sp³-hybridized carbons (Fsp3) is 0.556. The van der Waals surface area contributed by atoms with Gasteiger partial charge in [0.15, 0.2) is 0 Å². The number of nitrogen functional groups attached to an aromatic ring is 1. The Morgan fingerprint density at radius 2 is 2.23 bits per heavy atom. The Balaban J connectivity index is 2.15. The molecule has 0 aromatic carbocycles. The lowest BCUT2D eigenvalue weighted by Crippen LogP contribution is -2.28. The highest BCUT2D eigenvalue weighted by Gasteiger charge is 2.35.